The fraction of sp³-hybridized carbons (Fsp3) is 0.654. The van der Waals surface area contributed by atoms with Gasteiger partial charge in [0.05, 0.1) is 13.1 Å². The van der Waals surface area contributed by atoms with Gasteiger partial charge < -0.3 is 19.9 Å². The zero-order chi connectivity index (χ0) is 25.2. The summed E-state index contributed by atoms with van der Waals surface area (Å²) in [6.07, 6.45) is 4.69. The van der Waals surface area contributed by atoms with Crippen LogP contribution in [0.15, 0.2) is 30.3 Å². The summed E-state index contributed by atoms with van der Waals surface area (Å²) in [7, 11) is 1.75. The summed E-state index contributed by atoms with van der Waals surface area (Å²) < 4.78 is 5.68. The second-order valence-corrected chi connectivity index (χ2v) is 9.35. The maximum absolute atomic E-state index is 13.4. The fourth-order valence-corrected chi connectivity index (χ4v) is 4.74. The normalized spacial score (nSPS) is 20.8. The molecule has 2 heterocycles. The molecular formula is C26H41N5O4. The predicted molar refractivity (Wildman–Crippen MR) is 134 cm³/mol. The molecule has 9 heteroatoms. The molecule has 1 N–H and O–H groups in total. The first kappa shape index (κ1) is 26.9. The number of hydrogen-bond acceptors (Lipinski definition) is 5. The third kappa shape index (κ3) is 6.95. The van der Waals surface area contributed by atoms with E-state index < -0.39 is 12.2 Å². The molecule has 2 aliphatic heterocycles. The van der Waals surface area contributed by atoms with Gasteiger partial charge in [-0.25, -0.2) is 14.8 Å². The first-order chi connectivity index (χ1) is 17.0. The van der Waals surface area contributed by atoms with E-state index in [0.29, 0.717) is 32.7 Å². The standard InChI is InChI=1S/C26H41N5O4/c1-4-6-14-22-25(33)29(15-11-17-35-16-7-5-2)19-23-30(22)24(32)20-28(3)31(23)26(34)27-18-21-12-9-8-10-13-21/h8-10,12-13,22-23H,4-7,11,14-20H2,1-3H3,(H,27,34)/t22-,23-/m0/s1. The number of fused-ring (bicyclic) bond motifs is 1. The van der Waals surface area contributed by atoms with Crippen LogP contribution in [-0.2, 0) is 20.9 Å². The summed E-state index contributed by atoms with van der Waals surface area (Å²) >= 11 is 0. The number of benzene rings is 1. The highest BCUT2D eigenvalue weighted by Gasteiger charge is 2.50. The highest BCUT2D eigenvalue weighted by atomic mass is 16.5. The highest BCUT2D eigenvalue weighted by Crippen LogP contribution is 2.28. The number of rotatable bonds is 12. The molecule has 2 atom stereocenters. The molecule has 2 fully saturated rings. The lowest BCUT2D eigenvalue weighted by molar-refractivity contribution is -0.187. The molecule has 0 aliphatic carbocycles. The van der Waals surface area contributed by atoms with E-state index in [-0.39, 0.29) is 24.4 Å². The van der Waals surface area contributed by atoms with Crippen molar-refractivity contribution >= 4 is 17.8 Å². The molecule has 1 aromatic rings. The van der Waals surface area contributed by atoms with Crippen molar-refractivity contribution in [2.45, 2.75) is 71.1 Å². The fourth-order valence-electron chi connectivity index (χ4n) is 4.74. The lowest BCUT2D eigenvalue weighted by Gasteiger charge is -2.54. The van der Waals surface area contributed by atoms with Gasteiger partial charge >= 0.3 is 6.03 Å². The van der Waals surface area contributed by atoms with E-state index in [2.05, 4.69) is 19.2 Å². The molecule has 0 spiro atoms. The summed E-state index contributed by atoms with van der Waals surface area (Å²) in [6, 6.07) is 8.91. The SMILES string of the molecule is CCCCOCCCN1C[C@H]2N(C(=O)CN(C)N2C(=O)NCc2ccccc2)[C@@H](CCCC)C1=O. The Bertz CT molecular complexity index is 836. The quantitative estimate of drug-likeness (QED) is 0.458. The van der Waals surface area contributed by atoms with Crippen LogP contribution in [0.3, 0.4) is 0 Å². The van der Waals surface area contributed by atoms with Crippen LogP contribution in [0.1, 0.15) is 57.9 Å². The molecular weight excluding hydrogens is 446 g/mol. The van der Waals surface area contributed by atoms with E-state index in [1.54, 1.807) is 22.0 Å². The smallest absolute Gasteiger partial charge is 0.334 e. The molecule has 0 bridgehead atoms. The number of nitrogens with zero attached hydrogens (tertiary/aromatic N) is 4. The lowest BCUT2D eigenvalue weighted by Crippen LogP contribution is -2.76. The number of unbranched alkanes of at least 4 members (excludes halogenated alkanes) is 2. The van der Waals surface area contributed by atoms with Crippen molar-refractivity contribution in [1.82, 2.24) is 25.1 Å². The van der Waals surface area contributed by atoms with Crippen molar-refractivity contribution in [3.8, 4) is 0 Å². The van der Waals surface area contributed by atoms with E-state index in [9.17, 15) is 14.4 Å². The van der Waals surface area contributed by atoms with Crippen LogP contribution in [-0.4, -0.2) is 89.8 Å². The Hall–Kier alpha value is -2.65. The molecule has 9 nitrogen and oxygen atoms in total. The second kappa shape index (κ2) is 13.4. The van der Waals surface area contributed by atoms with Crippen molar-refractivity contribution in [3.05, 3.63) is 35.9 Å². The van der Waals surface area contributed by atoms with Gasteiger partial charge in [-0.2, -0.15) is 0 Å². The van der Waals surface area contributed by atoms with Crippen LogP contribution >= 0.6 is 0 Å². The summed E-state index contributed by atoms with van der Waals surface area (Å²) in [5, 5.41) is 6.27. The Labute approximate surface area is 209 Å². The van der Waals surface area contributed by atoms with Crippen molar-refractivity contribution in [1.29, 1.82) is 0 Å². The largest absolute Gasteiger partial charge is 0.381 e. The highest BCUT2D eigenvalue weighted by molar-refractivity contribution is 5.91. The maximum atomic E-state index is 13.4. The molecule has 3 rings (SSSR count). The Morgan fingerprint density at radius 1 is 1.06 bits per heavy atom. The number of piperazine rings is 1. The van der Waals surface area contributed by atoms with Crippen LogP contribution in [0.4, 0.5) is 4.79 Å². The summed E-state index contributed by atoms with van der Waals surface area (Å²) in [6.45, 7) is 6.83. The van der Waals surface area contributed by atoms with Gasteiger partial charge in [0.1, 0.15) is 12.2 Å². The molecule has 0 saturated carbocycles. The molecule has 35 heavy (non-hydrogen) atoms. The molecule has 0 aromatic heterocycles. The molecule has 0 unspecified atom stereocenters. The van der Waals surface area contributed by atoms with Crippen LogP contribution < -0.4 is 5.32 Å². The average molecular weight is 488 g/mol. The minimum Gasteiger partial charge on any atom is -0.381 e. The lowest BCUT2D eigenvalue weighted by atomic mass is 10.0. The van der Waals surface area contributed by atoms with Gasteiger partial charge in [0.15, 0.2) is 0 Å². The summed E-state index contributed by atoms with van der Waals surface area (Å²) in [5.41, 5.74) is 0.998. The van der Waals surface area contributed by atoms with Crippen molar-refractivity contribution < 1.29 is 19.1 Å². The Morgan fingerprint density at radius 2 is 1.77 bits per heavy atom. The molecule has 4 amide bonds. The molecule has 2 saturated heterocycles. The Balaban J connectivity index is 1.74. The predicted octanol–water partition coefficient (Wildman–Crippen LogP) is 2.82. The van der Waals surface area contributed by atoms with E-state index in [4.69, 9.17) is 4.74 Å². The Morgan fingerprint density at radius 3 is 2.49 bits per heavy atom. The zero-order valence-electron chi connectivity index (χ0n) is 21.4. The van der Waals surface area contributed by atoms with Gasteiger partial charge in [0.2, 0.25) is 11.8 Å². The van der Waals surface area contributed by atoms with Gasteiger partial charge in [-0.3, -0.25) is 9.59 Å². The van der Waals surface area contributed by atoms with Gasteiger partial charge in [-0.1, -0.05) is 63.4 Å². The average Bonchev–Trinajstić information content (AvgIpc) is 2.85. The first-order valence-electron chi connectivity index (χ1n) is 13.0. The molecule has 1 aromatic carbocycles. The van der Waals surface area contributed by atoms with Gasteiger partial charge in [0.25, 0.3) is 0 Å². The van der Waals surface area contributed by atoms with Gasteiger partial charge in [-0.05, 0) is 24.8 Å². The number of urea groups is 1. The Kier molecular flexibility index (Phi) is 10.3. The number of hydrogen-bond donors (Lipinski definition) is 1. The second-order valence-electron chi connectivity index (χ2n) is 9.35. The van der Waals surface area contributed by atoms with E-state index in [1.165, 1.54) is 0 Å². The number of ether oxygens (including phenoxy) is 1. The van der Waals surface area contributed by atoms with Gasteiger partial charge in [0, 0.05) is 33.4 Å². The minimum atomic E-state index is -0.541. The molecule has 2 aliphatic rings. The molecule has 0 radical (unpaired) electrons. The summed E-state index contributed by atoms with van der Waals surface area (Å²) in [5.74, 6) is -0.132. The van der Waals surface area contributed by atoms with Crippen LogP contribution in [0.2, 0.25) is 0 Å². The topological polar surface area (TPSA) is 85.4 Å². The number of likely N-dealkylation sites (N-methyl/N-ethyl adjacent to an activating group) is 1. The van der Waals surface area contributed by atoms with Gasteiger partial charge in [-0.15, -0.1) is 0 Å². The molecule has 194 valence electrons. The van der Waals surface area contributed by atoms with E-state index in [1.807, 2.05) is 35.2 Å². The zero-order valence-corrected chi connectivity index (χ0v) is 21.4. The number of carbonyl (C=O) groups is 3. The first-order valence-corrected chi connectivity index (χ1v) is 13.0. The van der Waals surface area contributed by atoms with E-state index in [0.717, 1.165) is 44.3 Å². The maximum Gasteiger partial charge on any atom is 0.334 e. The number of amides is 4. The third-order valence-corrected chi connectivity index (χ3v) is 6.62. The third-order valence-electron chi connectivity index (χ3n) is 6.62. The monoisotopic (exact) mass is 487 g/mol. The van der Waals surface area contributed by atoms with Crippen LogP contribution in [0, 0.1) is 0 Å². The number of carbonyl (C=O) groups excluding carboxylic acids is 3. The van der Waals surface area contributed by atoms with Crippen LogP contribution in [0.5, 0.6) is 0 Å². The summed E-state index contributed by atoms with van der Waals surface area (Å²) in [4.78, 5) is 43.3. The van der Waals surface area contributed by atoms with Crippen molar-refractivity contribution in [2.24, 2.45) is 0 Å². The number of nitrogens with one attached hydrogen (secondary N) is 1. The van der Waals surface area contributed by atoms with Crippen molar-refractivity contribution in [2.75, 3.05) is 39.9 Å². The van der Waals surface area contributed by atoms with E-state index >= 15 is 0 Å². The van der Waals surface area contributed by atoms with Crippen LogP contribution in [0.25, 0.3) is 0 Å². The minimum absolute atomic E-state index is 0.0224. The number of hydrazine groups is 1. The van der Waals surface area contributed by atoms with Crippen molar-refractivity contribution in [3.63, 3.8) is 0 Å².